The second-order valence-corrected chi connectivity index (χ2v) is 11.3. The van der Waals surface area contributed by atoms with E-state index in [-0.39, 0.29) is 29.1 Å². The Bertz CT molecular complexity index is 1350. The Morgan fingerprint density at radius 1 is 0.947 bits per heavy atom. The number of carbonyl (C=O) groups excluding carboxylic acids is 2. The van der Waals surface area contributed by atoms with E-state index in [0.717, 1.165) is 4.31 Å². The molecule has 0 radical (unpaired) electrons. The van der Waals surface area contributed by atoms with Gasteiger partial charge in [-0.15, -0.1) is 0 Å². The van der Waals surface area contributed by atoms with Gasteiger partial charge in [0.2, 0.25) is 11.8 Å². The highest BCUT2D eigenvalue weighted by atomic mass is 35.5. The SMILES string of the molecule is COc1ccc(N(CC(=O)N(Cc2cccc(Cl)c2)C(C)C(=O)NC(C)C)S(=O)(=O)c2ccccc2)cc1. The number of carbonyl (C=O) groups is 2. The Morgan fingerprint density at radius 3 is 2.18 bits per heavy atom. The van der Waals surface area contributed by atoms with Crippen molar-refractivity contribution in [1.82, 2.24) is 10.2 Å². The molecule has 2 amide bonds. The largest absolute Gasteiger partial charge is 0.497 e. The maximum Gasteiger partial charge on any atom is 0.264 e. The quantitative estimate of drug-likeness (QED) is 0.375. The molecule has 0 saturated carbocycles. The molecule has 0 spiro atoms. The van der Waals surface area contributed by atoms with Crippen molar-refractivity contribution in [1.29, 1.82) is 0 Å². The molecule has 0 aliphatic carbocycles. The Balaban J connectivity index is 2.02. The smallest absolute Gasteiger partial charge is 0.264 e. The summed E-state index contributed by atoms with van der Waals surface area (Å²) in [7, 11) is -2.62. The van der Waals surface area contributed by atoms with Crippen molar-refractivity contribution in [3.05, 3.63) is 89.4 Å². The molecule has 3 rings (SSSR count). The van der Waals surface area contributed by atoms with Gasteiger partial charge in [-0.1, -0.05) is 41.9 Å². The van der Waals surface area contributed by atoms with E-state index < -0.39 is 28.5 Å². The summed E-state index contributed by atoms with van der Waals surface area (Å²) < 4.78 is 33.7. The molecular formula is C28H32ClN3O5S. The van der Waals surface area contributed by atoms with Crippen LogP contribution in [-0.2, 0) is 26.2 Å². The summed E-state index contributed by atoms with van der Waals surface area (Å²) in [6, 6.07) is 20.2. The molecule has 0 aliphatic rings. The van der Waals surface area contributed by atoms with Crippen LogP contribution in [0.25, 0.3) is 0 Å². The van der Waals surface area contributed by atoms with Gasteiger partial charge >= 0.3 is 0 Å². The molecular weight excluding hydrogens is 526 g/mol. The second-order valence-electron chi connectivity index (χ2n) is 9.01. The molecule has 0 aliphatic heterocycles. The second kappa shape index (κ2) is 12.8. The lowest BCUT2D eigenvalue weighted by molar-refractivity contribution is -0.139. The molecule has 0 saturated heterocycles. The van der Waals surface area contributed by atoms with Crippen LogP contribution in [0.4, 0.5) is 5.69 Å². The first kappa shape index (κ1) is 29.0. The van der Waals surface area contributed by atoms with Gasteiger partial charge in [0.25, 0.3) is 10.0 Å². The first-order valence-electron chi connectivity index (χ1n) is 12.1. The van der Waals surface area contributed by atoms with Crippen LogP contribution in [0.5, 0.6) is 5.75 Å². The van der Waals surface area contributed by atoms with Crippen LogP contribution in [-0.4, -0.2) is 50.9 Å². The third-order valence-corrected chi connectivity index (χ3v) is 7.83. The number of methoxy groups -OCH3 is 1. The lowest BCUT2D eigenvalue weighted by atomic mass is 10.1. The number of amides is 2. The van der Waals surface area contributed by atoms with Crippen molar-refractivity contribution in [3.8, 4) is 5.75 Å². The summed E-state index contributed by atoms with van der Waals surface area (Å²) in [5, 5.41) is 3.31. The van der Waals surface area contributed by atoms with Crippen molar-refractivity contribution in [3.63, 3.8) is 0 Å². The van der Waals surface area contributed by atoms with Crippen LogP contribution in [0.3, 0.4) is 0 Å². The van der Waals surface area contributed by atoms with Gasteiger partial charge in [-0.05, 0) is 74.9 Å². The maximum absolute atomic E-state index is 13.8. The van der Waals surface area contributed by atoms with Gasteiger partial charge in [-0.2, -0.15) is 0 Å². The Labute approximate surface area is 229 Å². The standard InChI is InChI=1S/C28H32ClN3O5S/c1-20(2)30-28(34)21(3)31(18-22-9-8-10-23(29)17-22)27(33)19-32(24-13-15-25(37-4)16-14-24)38(35,36)26-11-6-5-7-12-26/h5-17,20-21H,18-19H2,1-4H3,(H,30,34). The zero-order valence-electron chi connectivity index (χ0n) is 21.8. The fourth-order valence-corrected chi connectivity index (χ4v) is 5.46. The van der Waals surface area contributed by atoms with E-state index in [0.29, 0.717) is 16.3 Å². The fraction of sp³-hybridized carbons (Fsp3) is 0.286. The third-order valence-electron chi connectivity index (χ3n) is 5.81. The molecule has 0 fully saturated rings. The van der Waals surface area contributed by atoms with Gasteiger partial charge in [0.15, 0.2) is 0 Å². The molecule has 202 valence electrons. The first-order chi connectivity index (χ1) is 18.0. The molecule has 1 unspecified atom stereocenters. The van der Waals surface area contributed by atoms with Crippen LogP contribution in [0.2, 0.25) is 5.02 Å². The normalized spacial score (nSPS) is 12.1. The molecule has 8 nitrogen and oxygen atoms in total. The van der Waals surface area contributed by atoms with Crippen molar-refractivity contribution in [2.75, 3.05) is 18.0 Å². The van der Waals surface area contributed by atoms with Crippen molar-refractivity contribution >= 4 is 39.1 Å². The van der Waals surface area contributed by atoms with Crippen LogP contribution >= 0.6 is 11.6 Å². The number of anilines is 1. The third kappa shape index (κ3) is 7.26. The van der Waals surface area contributed by atoms with Gasteiger partial charge in [0, 0.05) is 17.6 Å². The number of benzene rings is 3. The summed E-state index contributed by atoms with van der Waals surface area (Å²) in [4.78, 5) is 28.2. The number of nitrogens with one attached hydrogen (secondary N) is 1. The minimum atomic E-state index is -4.12. The summed E-state index contributed by atoms with van der Waals surface area (Å²) >= 11 is 6.16. The highest BCUT2D eigenvalue weighted by Gasteiger charge is 2.32. The van der Waals surface area contributed by atoms with Crippen LogP contribution in [0, 0.1) is 0 Å². The minimum absolute atomic E-state index is 0.0376. The summed E-state index contributed by atoms with van der Waals surface area (Å²) in [5.74, 6) is -0.359. The zero-order chi connectivity index (χ0) is 27.9. The van der Waals surface area contributed by atoms with E-state index in [9.17, 15) is 18.0 Å². The molecule has 1 N–H and O–H groups in total. The van der Waals surface area contributed by atoms with Gasteiger partial charge in [-0.3, -0.25) is 13.9 Å². The van der Waals surface area contributed by atoms with Crippen LogP contribution in [0.1, 0.15) is 26.3 Å². The zero-order valence-corrected chi connectivity index (χ0v) is 23.4. The maximum atomic E-state index is 13.8. The van der Waals surface area contributed by atoms with Crippen LogP contribution < -0.4 is 14.4 Å². The van der Waals surface area contributed by atoms with Crippen molar-refractivity contribution < 1.29 is 22.7 Å². The first-order valence-corrected chi connectivity index (χ1v) is 13.9. The van der Waals surface area contributed by atoms with E-state index in [1.54, 1.807) is 73.7 Å². The highest BCUT2D eigenvalue weighted by Crippen LogP contribution is 2.26. The van der Waals surface area contributed by atoms with E-state index in [4.69, 9.17) is 16.3 Å². The minimum Gasteiger partial charge on any atom is -0.497 e. The van der Waals surface area contributed by atoms with E-state index in [2.05, 4.69) is 5.32 Å². The van der Waals surface area contributed by atoms with Gasteiger partial charge in [0.1, 0.15) is 18.3 Å². The Kier molecular flexibility index (Phi) is 9.77. The summed E-state index contributed by atoms with van der Waals surface area (Å²) in [6.07, 6.45) is 0. The summed E-state index contributed by atoms with van der Waals surface area (Å²) in [6.45, 7) is 4.80. The molecule has 1 atom stereocenters. The number of nitrogens with zero attached hydrogens (tertiary/aromatic N) is 2. The Hall–Kier alpha value is -3.56. The number of hydrogen-bond donors (Lipinski definition) is 1. The van der Waals surface area contributed by atoms with Gasteiger partial charge < -0.3 is 15.0 Å². The highest BCUT2D eigenvalue weighted by molar-refractivity contribution is 7.92. The summed E-state index contributed by atoms with van der Waals surface area (Å²) in [5.41, 5.74) is 0.988. The van der Waals surface area contributed by atoms with Crippen molar-refractivity contribution in [2.45, 2.75) is 44.3 Å². The molecule has 0 aromatic heterocycles. The monoisotopic (exact) mass is 557 g/mol. The average molecular weight is 558 g/mol. The molecule has 10 heteroatoms. The predicted octanol–water partition coefficient (Wildman–Crippen LogP) is 4.49. The number of hydrogen-bond acceptors (Lipinski definition) is 5. The number of rotatable bonds is 11. The van der Waals surface area contributed by atoms with E-state index in [1.807, 2.05) is 13.8 Å². The molecule has 0 heterocycles. The predicted molar refractivity (Wildman–Crippen MR) is 149 cm³/mol. The number of halogens is 1. The van der Waals surface area contributed by atoms with E-state index >= 15 is 0 Å². The number of sulfonamides is 1. The lowest BCUT2D eigenvalue weighted by Gasteiger charge is -2.32. The topological polar surface area (TPSA) is 96.0 Å². The fourth-order valence-electron chi connectivity index (χ4n) is 3.82. The van der Waals surface area contributed by atoms with Crippen molar-refractivity contribution in [2.24, 2.45) is 0 Å². The molecule has 3 aromatic carbocycles. The molecule has 0 bridgehead atoms. The lowest BCUT2D eigenvalue weighted by Crippen LogP contribution is -2.52. The van der Waals surface area contributed by atoms with E-state index in [1.165, 1.54) is 24.1 Å². The van der Waals surface area contributed by atoms with Gasteiger partial charge in [-0.25, -0.2) is 8.42 Å². The van der Waals surface area contributed by atoms with Gasteiger partial charge in [0.05, 0.1) is 17.7 Å². The average Bonchev–Trinajstić information content (AvgIpc) is 2.90. The number of ether oxygens (including phenoxy) is 1. The molecule has 38 heavy (non-hydrogen) atoms. The Morgan fingerprint density at radius 2 is 1.61 bits per heavy atom. The van der Waals surface area contributed by atoms with Crippen LogP contribution in [0.15, 0.2) is 83.8 Å². The molecule has 3 aromatic rings.